The molecule has 1 aromatic carbocycles. The minimum Gasteiger partial charge on any atom is -0.225 e. The van der Waals surface area contributed by atoms with E-state index >= 15 is 0 Å². The molecular formula is C8H7N3O2S2. The number of hydrogen-bond donors (Lipinski definition) is 1. The Bertz CT molecular complexity index is 563. The Morgan fingerprint density at radius 1 is 1.27 bits per heavy atom. The van der Waals surface area contributed by atoms with Gasteiger partial charge in [0.2, 0.25) is 10.0 Å². The zero-order valence-corrected chi connectivity index (χ0v) is 9.12. The molecule has 1 aromatic heterocycles. The second-order valence-corrected chi connectivity index (χ2v) is 4.97. The Balaban J connectivity index is 2.68. The molecule has 0 aliphatic rings. The average molecular weight is 241 g/mol. The van der Waals surface area contributed by atoms with Crippen molar-refractivity contribution in [2.75, 3.05) is 0 Å². The van der Waals surface area contributed by atoms with Crippen molar-refractivity contribution >= 4 is 21.6 Å². The van der Waals surface area contributed by atoms with E-state index in [0.29, 0.717) is 11.3 Å². The summed E-state index contributed by atoms with van der Waals surface area (Å²) < 4.78 is 26.2. The number of nitrogens with zero attached hydrogens (tertiary/aromatic N) is 2. The van der Waals surface area contributed by atoms with Crippen molar-refractivity contribution in [3.05, 3.63) is 29.6 Å². The maximum Gasteiger partial charge on any atom is 0.238 e. The van der Waals surface area contributed by atoms with E-state index in [-0.39, 0.29) is 4.90 Å². The summed E-state index contributed by atoms with van der Waals surface area (Å²) in [5.41, 5.74) is 0.998. The first-order chi connectivity index (χ1) is 7.09. The fourth-order valence-corrected chi connectivity index (χ4v) is 2.41. The van der Waals surface area contributed by atoms with Gasteiger partial charge in [0, 0.05) is 10.9 Å². The van der Waals surface area contributed by atoms with Gasteiger partial charge in [0.15, 0.2) is 0 Å². The summed E-state index contributed by atoms with van der Waals surface area (Å²) in [6.45, 7) is 0. The first-order valence-corrected chi connectivity index (χ1v) is 6.36. The summed E-state index contributed by atoms with van der Waals surface area (Å²) in [6, 6.07) is 6.44. The van der Waals surface area contributed by atoms with E-state index in [1.807, 2.05) is 0 Å². The number of sulfonamides is 1. The van der Waals surface area contributed by atoms with Gasteiger partial charge in [-0.05, 0) is 17.6 Å². The highest BCUT2D eigenvalue weighted by molar-refractivity contribution is 7.89. The van der Waals surface area contributed by atoms with Crippen molar-refractivity contribution in [3.63, 3.8) is 0 Å². The minimum atomic E-state index is -3.72. The summed E-state index contributed by atoms with van der Waals surface area (Å²) in [7, 11) is -3.72. The highest BCUT2D eigenvalue weighted by atomic mass is 32.2. The molecule has 5 nitrogen and oxygen atoms in total. The van der Waals surface area contributed by atoms with Gasteiger partial charge in [-0.1, -0.05) is 22.7 Å². The normalized spacial score (nSPS) is 11.5. The van der Waals surface area contributed by atoms with Gasteiger partial charge in [0.1, 0.15) is 5.69 Å². The zero-order valence-electron chi connectivity index (χ0n) is 7.49. The van der Waals surface area contributed by atoms with Gasteiger partial charge < -0.3 is 0 Å². The van der Waals surface area contributed by atoms with Gasteiger partial charge in [-0.3, -0.25) is 0 Å². The van der Waals surface area contributed by atoms with Crippen LogP contribution in [0.15, 0.2) is 34.5 Å². The lowest BCUT2D eigenvalue weighted by molar-refractivity contribution is 0.598. The standard InChI is InChI=1S/C8H7N3O2S2/c9-15(12,13)8-4-2-1-3-6(8)7-5-14-11-10-7/h1-5H,(H2,9,12,13). The number of primary sulfonamides is 1. The Morgan fingerprint density at radius 2 is 2.00 bits per heavy atom. The van der Waals surface area contributed by atoms with Crippen LogP contribution in [0.3, 0.4) is 0 Å². The van der Waals surface area contributed by atoms with Gasteiger partial charge in [-0.2, -0.15) is 0 Å². The molecule has 78 valence electrons. The van der Waals surface area contributed by atoms with Crippen LogP contribution in [0.5, 0.6) is 0 Å². The molecule has 2 N–H and O–H groups in total. The fourth-order valence-electron chi connectivity index (χ4n) is 1.21. The van der Waals surface area contributed by atoms with Gasteiger partial charge >= 0.3 is 0 Å². The summed E-state index contributed by atoms with van der Waals surface area (Å²) >= 11 is 1.16. The predicted octanol–water partition coefficient (Wildman–Crippen LogP) is 0.853. The molecule has 0 aliphatic heterocycles. The number of nitrogens with two attached hydrogens (primary N) is 1. The van der Waals surface area contributed by atoms with Crippen molar-refractivity contribution in [2.45, 2.75) is 4.90 Å². The molecule has 7 heteroatoms. The van der Waals surface area contributed by atoms with Gasteiger partial charge in [-0.25, -0.2) is 13.6 Å². The Kier molecular flexibility index (Phi) is 2.51. The fraction of sp³-hybridized carbons (Fsp3) is 0. The van der Waals surface area contributed by atoms with E-state index in [4.69, 9.17) is 5.14 Å². The summed E-state index contributed by atoms with van der Waals surface area (Å²) in [5, 5.41) is 10.6. The second-order valence-electron chi connectivity index (χ2n) is 2.83. The summed E-state index contributed by atoms with van der Waals surface area (Å²) in [4.78, 5) is 0.0673. The van der Waals surface area contributed by atoms with Crippen molar-refractivity contribution in [1.82, 2.24) is 9.59 Å². The second kappa shape index (κ2) is 3.69. The van der Waals surface area contributed by atoms with Gasteiger partial charge in [-0.15, -0.1) is 5.10 Å². The van der Waals surface area contributed by atoms with Crippen molar-refractivity contribution in [1.29, 1.82) is 0 Å². The first kappa shape index (κ1) is 10.2. The van der Waals surface area contributed by atoms with Crippen LogP contribution < -0.4 is 5.14 Å². The molecule has 0 amide bonds. The maximum atomic E-state index is 11.3. The van der Waals surface area contributed by atoms with Crippen LogP contribution in [0, 0.1) is 0 Å². The van der Waals surface area contributed by atoms with Gasteiger partial charge in [0.05, 0.1) is 4.90 Å². The van der Waals surface area contributed by atoms with Crippen LogP contribution in [-0.2, 0) is 10.0 Å². The molecule has 15 heavy (non-hydrogen) atoms. The Labute approximate surface area is 90.8 Å². The number of benzene rings is 1. The van der Waals surface area contributed by atoms with Crippen LogP contribution in [0.1, 0.15) is 0 Å². The minimum absolute atomic E-state index is 0.0673. The Hall–Kier alpha value is -1.31. The lowest BCUT2D eigenvalue weighted by atomic mass is 10.2. The average Bonchev–Trinajstić information content (AvgIpc) is 2.69. The van der Waals surface area contributed by atoms with E-state index in [1.165, 1.54) is 6.07 Å². The monoisotopic (exact) mass is 241 g/mol. The predicted molar refractivity (Wildman–Crippen MR) is 56.7 cm³/mol. The maximum absolute atomic E-state index is 11.3. The summed E-state index contributed by atoms with van der Waals surface area (Å²) in [6.07, 6.45) is 0. The molecule has 0 atom stereocenters. The SMILES string of the molecule is NS(=O)(=O)c1ccccc1-c1csnn1. The molecule has 0 aliphatic carbocycles. The lowest BCUT2D eigenvalue weighted by Gasteiger charge is -2.03. The topological polar surface area (TPSA) is 85.9 Å². The van der Waals surface area contributed by atoms with E-state index < -0.39 is 10.0 Å². The molecule has 2 rings (SSSR count). The summed E-state index contributed by atoms with van der Waals surface area (Å²) in [5.74, 6) is 0. The molecule has 0 bridgehead atoms. The van der Waals surface area contributed by atoms with Crippen LogP contribution in [-0.4, -0.2) is 18.0 Å². The van der Waals surface area contributed by atoms with Crippen molar-refractivity contribution in [3.8, 4) is 11.3 Å². The lowest BCUT2D eigenvalue weighted by Crippen LogP contribution is -2.13. The van der Waals surface area contributed by atoms with E-state index in [0.717, 1.165) is 11.5 Å². The Morgan fingerprint density at radius 3 is 2.60 bits per heavy atom. The third-order valence-corrected chi connectivity index (χ3v) is 3.30. The molecule has 0 saturated carbocycles. The molecular weight excluding hydrogens is 234 g/mol. The largest absolute Gasteiger partial charge is 0.238 e. The van der Waals surface area contributed by atoms with Crippen LogP contribution in [0.25, 0.3) is 11.3 Å². The third kappa shape index (κ3) is 2.04. The van der Waals surface area contributed by atoms with Crippen LogP contribution in [0.4, 0.5) is 0 Å². The van der Waals surface area contributed by atoms with Gasteiger partial charge in [0.25, 0.3) is 0 Å². The molecule has 0 spiro atoms. The number of aromatic nitrogens is 2. The molecule has 1 heterocycles. The third-order valence-electron chi connectivity index (χ3n) is 1.83. The number of hydrogen-bond acceptors (Lipinski definition) is 5. The van der Waals surface area contributed by atoms with E-state index in [1.54, 1.807) is 23.6 Å². The molecule has 0 unspecified atom stereocenters. The van der Waals surface area contributed by atoms with E-state index in [2.05, 4.69) is 9.59 Å². The first-order valence-electron chi connectivity index (χ1n) is 3.98. The van der Waals surface area contributed by atoms with Crippen LogP contribution >= 0.6 is 11.5 Å². The van der Waals surface area contributed by atoms with E-state index in [9.17, 15) is 8.42 Å². The van der Waals surface area contributed by atoms with Crippen molar-refractivity contribution < 1.29 is 8.42 Å². The highest BCUT2D eigenvalue weighted by Gasteiger charge is 2.15. The molecule has 0 saturated heterocycles. The zero-order chi connectivity index (χ0) is 10.9. The molecule has 2 aromatic rings. The molecule has 0 fully saturated rings. The van der Waals surface area contributed by atoms with Crippen molar-refractivity contribution in [2.24, 2.45) is 5.14 Å². The van der Waals surface area contributed by atoms with Crippen LogP contribution in [0.2, 0.25) is 0 Å². The highest BCUT2D eigenvalue weighted by Crippen LogP contribution is 2.24. The quantitative estimate of drug-likeness (QED) is 0.844. The molecule has 0 radical (unpaired) electrons. The number of rotatable bonds is 2. The smallest absolute Gasteiger partial charge is 0.225 e.